The van der Waals surface area contributed by atoms with Gasteiger partial charge in [-0.3, -0.25) is 4.79 Å². The van der Waals surface area contributed by atoms with Crippen molar-refractivity contribution in [1.29, 1.82) is 0 Å². The Morgan fingerprint density at radius 1 is 1.19 bits per heavy atom. The van der Waals surface area contributed by atoms with Gasteiger partial charge in [0.25, 0.3) is 5.22 Å². The normalized spacial score (nSPS) is 12.5. The van der Waals surface area contributed by atoms with E-state index in [0.29, 0.717) is 6.42 Å². The number of rotatable bonds is 8. The Bertz CT molecular complexity index is 905. The zero-order valence-corrected chi connectivity index (χ0v) is 20.1. The van der Waals surface area contributed by atoms with E-state index in [2.05, 4.69) is 20.8 Å². The van der Waals surface area contributed by atoms with Crippen LogP contribution in [0.15, 0.2) is 27.8 Å². The van der Waals surface area contributed by atoms with Gasteiger partial charge >= 0.3 is 6.09 Å². The van der Waals surface area contributed by atoms with Gasteiger partial charge in [0.05, 0.1) is 5.75 Å². The quantitative estimate of drug-likeness (QED) is 0.546. The fourth-order valence-corrected chi connectivity index (χ4v) is 3.40. The first-order chi connectivity index (χ1) is 14.4. The van der Waals surface area contributed by atoms with Crippen LogP contribution in [0.1, 0.15) is 64.1 Å². The standard InChI is InChI=1S/C22H32N4O4S/c1-13(2)10-17(24-20(28)30-22(5,6)7)19-25-26-21(29-19)31-12-18(27)23-16-9-8-14(3)11-15(16)4/h8-9,11,13,17H,10,12H2,1-7H3,(H,23,27)(H,24,28)/t17-/m0/s1. The van der Waals surface area contributed by atoms with Crippen molar-refractivity contribution in [3.8, 4) is 0 Å². The molecule has 0 radical (unpaired) electrons. The maximum Gasteiger partial charge on any atom is 0.408 e. The number of nitrogens with one attached hydrogen (secondary N) is 2. The topological polar surface area (TPSA) is 106 Å². The minimum Gasteiger partial charge on any atom is -0.444 e. The molecule has 1 atom stereocenters. The fraction of sp³-hybridized carbons (Fsp3) is 0.545. The molecule has 2 amide bonds. The molecule has 2 N–H and O–H groups in total. The van der Waals surface area contributed by atoms with Crippen LogP contribution in [0, 0.1) is 19.8 Å². The molecular weight excluding hydrogens is 416 g/mol. The summed E-state index contributed by atoms with van der Waals surface area (Å²) in [7, 11) is 0. The Labute approximate surface area is 187 Å². The second kappa shape index (κ2) is 10.7. The van der Waals surface area contributed by atoms with E-state index < -0.39 is 17.7 Å². The summed E-state index contributed by atoms with van der Waals surface area (Å²) in [6, 6.07) is 5.38. The molecule has 0 bridgehead atoms. The van der Waals surface area contributed by atoms with Gasteiger partial charge in [-0.05, 0) is 58.6 Å². The second-order valence-electron chi connectivity index (χ2n) is 8.89. The molecule has 0 saturated carbocycles. The third-order valence-electron chi connectivity index (χ3n) is 4.10. The third kappa shape index (κ3) is 8.61. The van der Waals surface area contributed by atoms with Gasteiger partial charge in [-0.25, -0.2) is 4.79 Å². The summed E-state index contributed by atoms with van der Waals surface area (Å²) < 4.78 is 11.0. The van der Waals surface area contributed by atoms with Gasteiger partial charge in [0.15, 0.2) is 0 Å². The van der Waals surface area contributed by atoms with E-state index in [9.17, 15) is 9.59 Å². The van der Waals surface area contributed by atoms with Crippen LogP contribution in [0.4, 0.5) is 10.5 Å². The first kappa shape index (κ1) is 24.7. The van der Waals surface area contributed by atoms with E-state index in [1.807, 2.05) is 45.9 Å². The highest BCUT2D eigenvalue weighted by atomic mass is 32.2. The Kier molecular flexibility index (Phi) is 8.50. The maximum absolute atomic E-state index is 12.3. The molecule has 0 spiro atoms. The van der Waals surface area contributed by atoms with Crippen LogP contribution >= 0.6 is 11.8 Å². The van der Waals surface area contributed by atoms with Gasteiger partial charge in [0.2, 0.25) is 11.8 Å². The van der Waals surface area contributed by atoms with Crippen molar-refractivity contribution in [2.45, 2.75) is 71.8 Å². The molecule has 1 heterocycles. The molecule has 1 aromatic heterocycles. The molecule has 2 rings (SSSR count). The van der Waals surface area contributed by atoms with E-state index in [1.165, 1.54) is 0 Å². The molecule has 31 heavy (non-hydrogen) atoms. The molecule has 0 fully saturated rings. The summed E-state index contributed by atoms with van der Waals surface area (Å²) >= 11 is 1.15. The Hall–Kier alpha value is -2.55. The molecule has 170 valence electrons. The highest BCUT2D eigenvalue weighted by molar-refractivity contribution is 7.99. The largest absolute Gasteiger partial charge is 0.444 e. The number of hydrogen-bond acceptors (Lipinski definition) is 7. The fourth-order valence-electron chi connectivity index (χ4n) is 2.83. The third-order valence-corrected chi connectivity index (χ3v) is 4.92. The van der Waals surface area contributed by atoms with Crippen LogP contribution in [0.25, 0.3) is 0 Å². The van der Waals surface area contributed by atoms with Crippen LogP contribution in [0.5, 0.6) is 0 Å². The molecule has 0 aliphatic carbocycles. The lowest BCUT2D eigenvalue weighted by Gasteiger charge is -2.22. The molecular formula is C22H32N4O4S. The highest BCUT2D eigenvalue weighted by Gasteiger charge is 2.25. The Morgan fingerprint density at radius 2 is 1.90 bits per heavy atom. The van der Waals surface area contributed by atoms with Crippen molar-refractivity contribution < 1.29 is 18.7 Å². The summed E-state index contributed by atoms with van der Waals surface area (Å²) in [5.41, 5.74) is 2.31. The lowest BCUT2D eigenvalue weighted by atomic mass is 10.0. The first-order valence-corrected chi connectivity index (χ1v) is 11.2. The molecule has 0 unspecified atom stereocenters. The smallest absolute Gasteiger partial charge is 0.408 e. The van der Waals surface area contributed by atoms with Gasteiger partial charge in [-0.15, -0.1) is 10.2 Å². The molecule has 1 aromatic carbocycles. The number of carbonyl (C=O) groups is 2. The van der Waals surface area contributed by atoms with E-state index in [1.54, 1.807) is 20.8 Å². The number of ether oxygens (including phenoxy) is 1. The summed E-state index contributed by atoms with van der Waals surface area (Å²) in [4.78, 5) is 24.5. The van der Waals surface area contributed by atoms with Crippen molar-refractivity contribution >= 4 is 29.4 Å². The predicted molar refractivity (Wildman–Crippen MR) is 121 cm³/mol. The molecule has 0 saturated heterocycles. The average molecular weight is 449 g/mol. The number of hydrogen-bond donors (Lipinski definition) is 2. The van der Waals surface area contributed by atoms with Crippen LogP contribution in [-0.2, 0) is 9.53 Å². The molecule has 2 aromatic rings. The number of anilines is 1. The number of carbonyl (C=O) groups excluding carboxylic acids is 2. The van der Waals surface area contributed by atoms with E-state index in [4.69, 9.17) is 9.15 Å². The summed E-state index contributed by atoms with van der Waals surface area (Å²) in [5.74, 6) is 0.536. The van der Waals surface area contributed by atoms with Gasteiger partial charge in [0.1, 0.15) is 11.6 Å². The monoisotopic (exact) mass is 448 g/mol. The van der Waals surface area contributed by atoms with Crippen molar-refractivity contribution in [3.63, 3.8) is 0 Å². The number of benzene rings is 1. The summed E-state index contributed by atoms with van der Waals surface area (Å²) in [6.07, 6.45) is 0.0667. The molecule has 0 aliphatic heterocycles. The number of alkyl carbamates (subject to hydrolysis) is 1. The maximum atomic E-state index is 12.3. The lowest BCUT2D eigenvalue weighted by Crippen LogP contribution is -2.35. The Morgan fingerprint density at radius 3 is 2.52 bits per heavy atom. The number of amides is 2. The zero-order valence-electron chi connectivity index (χ0n) is 19.2. The first-order valence-electron chi connectivity index (χ1n) is 10.3. The molecule has 8 nitrogen and oxygen atoms in total. The number of nitrogens with zero attached hydrogens (tertiary/aromatic N) is 2. The van der Waals surface area contributed by atoms with Gasteiger partial charge in [-0.2, -0.15) is 0 Å². The number of aromatic nitrogens is 2. The van der Waals surface area contributed by atoms with Crippen LogP contribution in [0.2, 0.25) is 0 Å². The predicted octanol–water partition coefficient (Wildman–Crippen LogP) is 5.03. The number of aryl methyl sites for hydroxylation is 2. The summed E-state index contributed by atoms with van der Waals surface area (Å²) in [5, 5.41) is 14.0. The molecule has 0 aliphatic rings. The SMILES string of the molecule is Cc1ccc(NC(=O)CSc2nnc([C@H](CC(C)C)NC(=O)OC(C)(C)C)o2)c(C)c1. The van der Waals surface area contributed by atoms with E-state index >= 15 is 0 Å². The van der Waals surface area contributed by atoms with Crippen LogP contribution in [-0.4, -0.2) is 33.6 Å². The highest BCUT2D eigenvalue weighted by Crippen LogP contribution is 2.25. The van der Waals surface area contributed by atoms with Gasteiger partial charge < -0.3 is 19.8 Å². The van der Waals surface area contributed by atoms with Gasteiger partial charge in [0, 0.05) is 5.69 Å². The average Bonchev–Trinajstić information content (AvgIpc) is 3.09. The zero-order chi connectivity index (χ0) is 23.2. The summed E-state index contributed by atoms with van der Waals surface area (Å²) in [6.45, 7) is 13.4. The number of thioether (sulfide) groups is 1. The van der Waals surface area contributed by atoms with Crippen molar-refractivity contribution in [1.82, 2.24) is 15.5 Å². The van der Waals surface area contributed by atoms with Crippen molar-refractivity contribution in [2.75, 3.05) is 11.1 Å². The Balaban J connectivity index is 1.97. The van der Waals surface area contributed by atoms with Crippen molar-refractivity contribution in [3.05, 3.63) is 35.2 Å². The minimum atomic E-state index is -0.606. The van der Waals surface area contributed by atoms with Crippen LogP contribution in [0.3, 0.4) is 0 Å². The van der Waals surface area contributed by atoms with Gasteiger partial charge in [-0.1, -0.05) is 43.3 Å². The van der Waals surface area contributed by atoms with E-state index in [0.717, 1.165) is 28.6 Å². The minimum absolute atomic E-state index is 0.128. The second-order valence-corrected chi connectivity index (χ2v) is 9.82. The van der Waals surface area contributed by atoms with Crippen LogP contribution < -0.4 is 10.6 Å². The molecule has 9 heteroatoms. The van der Waals surface area contributed by atoms with Crippen molar-refractivity contribution in [2.24, 2.45) is 5.92 Å². The lowest BCUT2D eigenvalue weighted by molar-refractivity contribution is -0.113. The van der Waals surface area contributed by atoms with E-state index in [-0.39, 0.29) is 28.7 Å².